The average molecular weight is 359 g/mol. The van der Waals surface area contributed by atoms with Crippen molar-refractivity contribution in [3.05, 3.63) is 18.0 Å². The summed E-state index contributed by atoms with van der Waals surface area (Å²) in [7, 11) is 2.10. The molecule has 3 aliphatic rings. The minimum atomic E-state index is 0.0748. The van der Waals surface area contributed by atoms with Gasteiger partial charge in [-0.1, -0.05) is 0 Å². The molecule has 0 aromatic carbocycles. The monoisotopic (exact) mass is 359 g/mol. The van der Waals surface area contributed by atoms with E-state index in [9.17, 15) is 9.59 Å². The lowest BCUT2D eigenvalue weighted by atomic mass is 9.83. The summed E-state index contributed by atoms with van der Waals surface area (Å²) in [5, 5.41) is 6.57. The number of amides is 2. The van der Waals surface area contributed by atoms with Crippen LogP contribution in [0.3, 0.4) is 0 Å². The Bertz CT molecular complexity index is 638. The van der Waals surface area contributed by atoms with Crippen LogP contribution in [0.2, 0.25) is 0 Å². The fourth-order valence-corrected chi connectivity index (χ4v) is 4.89. The molecule has 1 aromatic heterocycles. The molecule has 2 unspecified atom stereocenters. The number of rotatable bonds is 3. The van der Waals surface area contributed by atoms with Crippen molar-refractivity contribution in [2.45, 2.75) is 25.7 Å². The first-order chi connectivity index (χ1) is 12.6. The number of piperidine rings is 1. The van der Waals surface area contributed by atoms with Crippen LogP contribution in [0, 0.1) is 17.8 Å². The molecular formula is C19H29N5O2. The molecule has 4 rings (SSSR count). The lowest BCUT2D eigenvalue weighted by molar-refractivity contribution is -0.134. The molecule has 7 heteroatoms. The molecule has 4 heterocycles. The number of likely N-dealkylation sites (tertiary alicyclic amines) is 3. The maximum Gasteiger partial charge on any atom is 0.257 e. The third-order valence-corrected chi connectivity index (χ3v) is 6.52. The van der Waals surface area contributed by atoms with Crippen molar-refractivity contribution in [2.75, 3.05) is 46.3 Å². The van der Waals surface area contributed by atoms with Crippen LogP contribution in [-0.2, 0) is 4.79 Å². The normalized spacial score (nSPS) is 28.0. The molecule has 3 saturated heterocycles. The molecule has 0 spiro atoms. The van der Waals surface area contributed by atoms with E-state index >= 15 is 0 Å². The minimum absolute atomic E-state index is 0.0748. The van der Waals surface area contributed by atoms with Gasteiger partial charge in [0.05, 0.1) is 17.7 Å². The second-order valence-corrected chi connectivity index (χ2v) is 8.20. The summed E-state index contributed by atoms with van der Waals surface area (Å²) in [6.07, 6.45) is 7.47. The number of nitrogens with one attached hydrogen (secondary N) is 1. The molecule has 1 N–H and O–H groups in total. The maximum absolute atomic E-state index is 12.7. The van der Waals surface area contributed by atoms with Crippen LogP contribution in [0.4, 0.5) is 0 Å². The molecule has 0 aliphatic carbocycles. The number of carbonyl (C=O) groups is 2. The van der Waals surface area contributed by atoms with Gasteiger partial charge in [-0.05, 0) is 51.1 Å². The van der Waals surface area contributed by atoms with Crippen LogP contribution in [0.5, 0.6) is 0 Å². The van der Waals surface area contributed by atoms with Crippen LogP contribution in [0.1, 0.15) is 36.0 Å². The van der Waals surface area contributed by atoms with Gasteiger partial charge in [-0.15, -0.1) is 0 Å². The van der Waals surface area contributed by atoms with E-state index < -0.39 is 0 Å². The van der Waals surface area contributed by atoms with Crippen LogP contribution in [-0.4, -0.2) is 83.0 Å². The average Bonchev–Trinajstić information content (AvgIpc) is 3.42. The molecule has 2 atom stereocenters. The summed E-state index contributed by atoms with van der Waals surface area (Å²) in [6.45, 7) is 5.40. The highest BCUT2D eigenvalue weighted by atomic mass is 16.2. The van der Waals surface area contributed by atoms with Crippen molar-refractivity contribution >= 4 is 11.8 Å². The number of carbonyl (C=O) groups excluding carboxylic acids is 2. The molecule has 2 amide bonds. The zero-order valence-electron chi connectivity index (χ0n) is 15.6. The molecular weight excluding hydrogens is 330 g/mol. The zero-order valence-corrected chi connectivity index (χ0v) is 15.6. The summed E-state index contributed by atoms with van der Waals surface area (Å²) in [6, 6.07) is 0. The van der Waals surface area contributed by atoms with Gasteiger partial charge >= 0.3 is 0 Å². The van der Waals surface area contributed by atoms with Gasteiger partial charge in [-0.2, -0.15) is 5.10 Å². The minimum Gasteiger partial charge on any atom is -0.342 e. The number of hydrogen-bond donors (Lipinski definition) is 1. The maximum atomic E-state index is 12.7. The first-order valence-electron chi connectivity index (χ1n) is 9.87. The lowest BCUT2D eigenvalue weighted by Crippen LogP contribution is -2.41. The van der Waals surface area contributed by atoms with Crippen molar-refractivity contribution < 1.29 is 9.59 Å². The fraction of sp³-hybridized carbons (Fsp3) is 0.737. The van der Waals surface area contributed by atoms with E-state index in [4.69, 9.17) is 0 Å². The van der Waals surface area contributed by atoms with Gasteiger partial charge in [-0.25, -0.2) is 0 Å². The fourth-order valence-electron chi connectivity index (χ4n) is 4.89. The number of hydrogen-bond acceptors (Lipinski definition) is 4. The molecule has 0 radical (unpaired) electrons. The summed E-state index contributed by atoms with van der Waals surface area (Å²) in [5.41, 5.74) is 0.641. The quantitative estimate of drug-likeness (QED) is 0.876. The lowest BCUT2D eigenvalue weighted by Gasteiger charge is -2.34. The smallest absolute Gasteiger partial charge is 0.257 e. The van der Waals surface area contributed by atoms with Gasteiger partial charge in [-0.3, -0.25) is 14.7 Å². The van der Waals surface area contributed by atoms with E-state index in [0.717, 1.165) is 65.0 Å². The molecule has 0 saturated carbocycles. The van der Waals surface area contributed by atoms with Crippen molar-refractivity contribution in [3.63, 3.8) is 0 Å². The second-order valence-electron chi connectivity index (χ2n) is 8.20. The third-order valence-electron chi connectivity index (χ3n) is 6.52. The highest BCUT2D eigenvalue weighted by Crippen LogP contribution is 2.33. The number of H-pyrrole nitrogens is 1. The van der Waals surface area contributed by atoms with Crippen LogP contribution >= 0.6 is 0 Å². The predicted molar refractivity (Wildman–Crippen MR) is 97.5 cm³/mol. The standard InChI is InChI=1S/C19H29N5O2/c1-22-6-2-16(12-22)18(25)24-9-5-15(13-24)14-3-7-23(8-4-14)19(26)17-10-20-21-11-17/h10-11,14-16H,2-9,12-13H2,1H3,(H,20,21). The van der Waals surface area contributed by atoms with E-state index in [0.29, 0.717) is 23.3 Å². The van der Waals surface area contributed by atoms with Gasteiger partial charge in [0, 0.05) is 38.9 Å². The van der Waals surface area contributed by atoms with E-state index in [1.165, 1.54) is 0 Å². The Labute approximate surface area is 154 Å². The number of aromatic amines is 1. The molecule has 7 nitrogen and oxygen atoms in total. The Balaban J connectivity index is 1.26. The van der Waals surface area contributed by atoms with Crippen molar-refractivity contribution in [1.29, 1.82) is 0 Å². The third kappa shape index (κ3) is 3.49. The predicted octanol–water partition coefficient (Wildman–Crippen LogP) is 1.06. The van der Waals surface area contributed by atoms with Gasteiger partial charge < -0.3 is 14.7 Å². The Morgan fingerprint density at radius 2 is 1.73 bits per heavy atom. The Kier molecular flexibility index (Phi) is 4.98. The van der Waals surface area contributed by atoms with Gasteiger partial charge in [0.15, 0.2) is 0 Å². The van der Waals surface area contributed by atoms with Crippen molar-refractivity contribution in [1.82, 2.24) is 24.9 Å². The Morgan fingerprint density at radius 1 is 1.00 bits per heavy atom. The van der Waals surface area contributed by atoms with E-state index in [-0.39, 0.29) is 11.8 Å². The van der Waals surface area contributed by atoms with Crippen LogP contribution < -0.4 is 0 Å². The molecule has 0 bridgehead atoms. The SMILES string of the molecule is CN1CCC(C(=O)N2CCC(C3CCN(C(=O)c4cn[nH]c4)CC3)C2)C1. The molecule has 3 fully saturated rings. The van der Waals surface area contributed by atoms with Crippen molar-refractivity contribution in [2.24, 2.45) is 17.8 Å². The molecule has 142 valence electrons. The van der Waals surface area contributed by atoms with Gasteiger partial charge in [0.1, 0.15) is 0 Å². The number of nitrogens with zero attached hydrogens (tertiary/aromatic N) is 4. The molecule has 3 aliphatic heterocycles. The summed E-state index contributed by atoms with van der Waals surface area (Å²) in [5.74, 6) is 1.88. The number of aromatic nitrogens is 2. The van der Waals surface area contributed by atoms with E-state index in [1.54, 1.807) is 12.4 Å². The largest absolute Gasteiger partial charge is 0.342 e. The first-order valence-corrected chi connectivity index (χ1v) is 9.87. The highest BCUT2D eigenvalue weighted by Gasteiger charge is 2.37. The van der Waals surface area contributed by atoms with Gasteiger partial charge in [0.2, 0.25) is 5.91 Å². The van der Waals surface area contributed by atoms with Crippen molar-refractivity contribution in [3.8, 4) is 0 Å². The van der Waals surface area contributed by atoms with Crippen LogP contribution in [0.25, 0.3) is 0 Å². The van der Waals surface area contributed by atoms with Crippen LogP contribution in [0.15, 0.2) is 12.4 Å². The molecule has 1 aromatic rings. The zero-order chi connectivity index (χ0) is 18.1. The van der Waals surface area contributed by atoms with Gasteiger partial charge in [0.25, 0.3) is 5.91 Å². The van der Waals surface area contributed by atoms with E-state index in [2.05, 4.69) is 27.0 Å². The second kappa shape index (κ2) is 7.39. The highest BCUT2D eigenvalue weighted by molar-refractivity contribution is 5.93. The summed E-state index contributed by atoms with van der Waals surface area (Å²) < 4.78 is 0. The first kappa shape index (κ1) is 17.5. The Hall–Kier alpha value is -1.89. The molecule has 26 heavy (non-hydrogen) atoms. The Morgan fingerprint density at radius 3 is 2.38 bits per heavy atom. The van der Waals surface area contributed by atoms with E-state index in [1.807, 2.05) is 4.90 Å². The summed E-state index contributed by atoms with van der Waals surface area (Å²) in [4.78, 5) is 31.4. The topological polar surface area (TPSA) is 72.5 Å². The summed E-state index contributed by atoms with van der Waals surface area (Å²) >= 11 is 0.